The van der Waals surface area contributed by atoms with E-state index in [9.17, 15) is 0 Å². The van der Waals surface area contributed by atoms with E-state index in [0.29, 0.717) is 6.04 Å². The van der Waals surface area contributed by atoms with Crippen LogP contribution in [0.5, 0.6) is 0 Å². The van der Waals surface area contributed by atoms with Gasteiger partial charge in [0, 0.05) is 0 Å². The van der Waals surface area contributed by atoms with Gasteiger partial charge in [-0.1, -0.05) is 0 Å². The van der Waals surface area contributed by atoms with E-state index in [1.807, 2.05) is 0 Å². The molecule has 3 rings (SSSR count). The van der Waals surface area contributed by atoms with E-state index in [1.165, 1.54) is 58.4 Å². The standard InChI is InChI=1S/C18H24N2.ClH.Ir/c1-14-11-15(2)18(16(3)12-14)20-10-9-19(13-20)17-7-5-4-6-8-17;;/h9-12,17H,4-8H2,1-3H3;1H;/q;;+1/p-1. The zero-order chi connectivity index (χ0) is 15.7. The molecule has 0 atom stereocenters. The van der Waals surface area contributed by atoms with Crippen LogP contribution in [0.3, 0.4) is 0 Å². The van der Waals surface area contributed by atoms with Gasteiger partial charge in [-0.15, -0.1) is 0 Å². The molecule has 0 aliphatic heterocycles. The molecular formula is C18H24ClIrN2. The summed E-state index contributed by atoms with van der Waals surface area (Å²) in [5.41, 5.74) is 5.32. The second-order valence-corrected chi connectivity index (χ2v) is 8.98. The first-order valence-corrected chi connectivity index (χ1v) is 12.2. The Bertz CT molecular complexity index is 713. The molecule has 0 spiro atoms. The number of aromatic nitrogens is 2. The van der Waals surface area contributed by atoms with Gasteiger partial charge in [0.25, 0.3) is 0 Å². The van der Waals surface area contributed by atoms with Crippen molar-refractivity contribution >= 4 is 9.58 Å². The summed E-state index contributed by atoms with van der Waals surface area (Å²) in [6.45, 7) is 6.58. The predicted octanol–water partition coefficient (Wildman–Crippen LogP) is 5.48. The van der Waals surface area contributed by atoms with Gasteiger partial charge in [-0.05, 0) is 0 Å². The second kappa shape index (κ2) is 6.86. The van der Waals surface area contributed by atoms with Gasteiger partial charge in [0.1, 0.15) is 0 Å². The van der Waals surface area contributed by atoms with Crippen molar-refractivity contribution in [2.75, 3.05) is 0 Å². The Hall–Kier alpha value is -0.631. The molecule has 1 saturated carbocycles. The minimum absolute atomic E-state index is 0.626. The van der Waals surface area contributed by atoms with Gasteiger partial charge in [-0.3, -0.25) is 0 Å². The number of benzene rings is 1. The average Bonchev–Trinajstić information content (AvgIpc) is 2.90. The van der Waals surface area contributed by atoms with Crippen LogP contribution in [-0.2, 0) is 16.2 Å². The number of hydrogen-bond acceptors (Lipinski definition) is 0. The summed E-state index contributed by atoms with van der Waals surface area (Å²) < 4.78 is 6.17. The van der Waals surface area contributed by atoms with Crippen LogP contribution in [0.4, 0.5) is 0 Å². The molecule has 1 aliphatic rings. The van der Waals surface area contributed by atoms with E-state index in [0.717, 1.165) is 0 Å². The van der Waals surface area contributed by atoms with Crippen LogP contribution in [0.15, 0.2) is 24.5 Å². The Morgan fingerprint density at radius 3 is 2.23 bits per heavy atom. The maximum absolute atomic E-state index is 6.47. The normalized spacial score (nSPS) is 17.9. The Labute approximate surface area is 144 Å². The molecule has 0 saturated heterocycles. The fourth-order valence-corrected chi connectivity index (χ4v) is 6.32. The van der Waals surface area contributed by atoms with E-state index in [4.69, 9.17) is 9.58 Å². The Morgan fingerprint density at radius 2 is 1.64 bits per heavy atom. The number of halogens is 1. The Morgan fingerprint density at radius 1 is 1.00 bits per heavy atom. The van der Waals surface area contributed by atoms with Crippen molar-refractivity contribution in [3.05, 3.63) is 45.1 Å². The number of nitrogens with zero attached hydrogens (tertiary/aromatic N) is 2. The van der Waals surface area contributed by atoms with Crippen LogP contribution in [0.25, 0.3) is 5.69 Å². The van der Waals surface area contributed by atoms with Crippen LogP contribution < -0.4 is 0 Å². The van der Waals surface area contributed by atoms with Gasteiger partial charge in [0.2, 0.25) is 0 Å². The predicted molar refractivity (Wildman–Crippen MR) is 89.2 cm³/mol. The summed E-state index contributed by atoms with van der Waals surface area (Å²) >= 11 is -0.626. The fourth-order valence-electron chi connectivity index (χ4n) is 3.78. The monoisotopic (exact) mass is 496 g/mol. The SMILES string of the molecule is Cc1cc(C)c(-n2ccn(C3CCCCC3)[c]2=[Ir][Cl])c(C)c1. The molecule has 1 fully saturated rings. The van der Waals surface area contributed by atoms with Gasteiger partial charge in [-0.25, -0.2) is 0 Å². The molecule has 22 heavy (non-hydrogen) atoms. The topological polar surface area (TPSA) is 9.86 Å². The first-order chi connectivity index (χ1) is 10.6. The van der Waals surface area contributed by atoms with Gasteiger partial charge < -0.3 is 0 Å². The minimum atomic E-state index is -0.626. The van der Waals surface area contributed by atoms with Crippen LogP contribution >= 0.6 is 9.58 Å². The van der Waals surface area contributed by atoms with Crippen LogP contribution in [0.2, 0.25) is 0 Å². The van der Waals surface area contributed by atoms with E-state index in [1.54, 1.807) is 0 Å². The van der Waals surface area contributed by atoms with Crippen LogP contribution in [-0.4, -0.2) is 9.13 Å². The van der Waals surface area contributed by atoms with Crippen LogP contribution in [0, 0.1) is 24.7 Å². The van der Waals surface area contributed by atoms with Crippen molar-refractivity contribution in [1.82, 2.24) is 9.13 Å². The maximum atomic E-state index is 6.47. The zero-order valence-corrected chi connectivity index (χ0v) is 16.7. The third kappa shape index (κ3) is 3.04. The Kier molecular flexibility index (Phi) is 5.06. The number of rotatable bonds is 2. The molecule has 1 aromatic carbocycles. The van der Waals surface area contributed by atoms with Gasteiger partial charge in [0.15, 0.2) is 0 Å². The van der Waals surface area contributed by atoms with Crippen molar-refractivity contribution in [3.63, 3.8) is 0 Å². The van der Waals surface area contributed by atoms with E-state index >= 15 is 0 Å². The van der Waals surface area contributed by atoms with E-state index in [2.05, 4.69) is 54.4 Å². The molecule has 1 aromatic heterocycles. The zero-order valence-electron chi connectivity index (χ0n) is 13.5. The van der Waals surface area contributed by atoms with Crippen LogP contribution in [0.1, 0.15) is 54.8 Å². The van der Waals surface area contributed by atoms with Gasteiger partial charge in [0.05, 0.1) is 0 Å². The molecule has 0 bridgehead atoms. The molecule has 0 unspecified atom stereocenters. The van der Waals surface area contributed by atoms with E-state index in [-0.39, 0.29) is 0 Å². The van der Waals surface area contributed by atoms with Crippen molar-refractivity contribution in [2.45, 2.75) is 58.9 Å². The Balaban J connectivity index is 2.12. The summed E-state index contributed by atoms with van der Waals surface area (Å²) in [5, 5.41) is 0. The van der Waals surface area contributed by atoms with Crippen molar-refractivity contribution in [3.8, 4) is 5.69 Å². The molecule has 1 heterocycles. The number of imidazole rings is 1. The molecular weight excluding hydrogens is 472 g/mol. The summed E-state index contributed by atoms with van der Waals surface area (Å²) in [6.07, 6.45) is 11.2. The fraction of sp³-hybridized carbons (Fsp3) is 0.500. The number of aryl methyl sites for hydroxylation is 3. The number of hydrogen-bond donors (Lipinski definition) is 0. The average molecular weight is 496 g/mol. The molecule has 2 aromatic rings. The third-order valence-corrected chi connectivity index (χ3v) is 7.19. The molecule has 4 heteroatoms. The summed E-state index contributed by atoms with van der Waals surface area (Å²) in [4.78, 5) is 0. The summed E-state index contributed by atoms with van der Waals surface area (Å²) in [5.74, 6) is 0. The van der Waals surface area contributed by atoms with Gasteiger partial charge in [-0.2, -0.15) is 0 Å². The van der Waals surface area contributed by atoms with Gasteiger partial charge >= 0.3 is 145 Å². The molecule has 0 amide bonds. The molecule has 122 valence electrons. The second-order valence-electron chi connectivity index (χ2n) is 6.43. The van der Waals surface area contributed by atoms with Crippen molar-refractivity contribution in [1.29, 1.82) is 0 Å². The molecule has 2 nitrogen and oxygen atoms in total. The summed E-state index contributed by atoms with van der Waals surface area (Å²) in [7, 11) is 6.47. The first kappa shape index (κ1) is 16.2. The third-order valence-electron chi connectivity index (χ3n) is 4.67. The molecule has 0 radical (unpaired) electrons. The van der Waals surface area contributed by atoms with Crippen molar-refractivity contribution in [2.24, 2.45) is 0 Å². The molecule has 1 aliphatic carbocycles. The quantitative estimate of drug-likeness (QED) is 0.522. The summed E-state index contributed by atoms with van der Waals surface area (Å²) in [6, 6.07) is 5.19. The first-order valence-electron chi connectivity index (χ1n) is 8.04. The van der Waals surface area contributed by atoms with E-state index < -0.39 is 16.2 Å². The van der Waals surface area contributed by atoms with Crippen molar-refractivity contribution < 1.29 is 16.2 Å². The molecule has 0 N–H and O–H groups in total.